The van der Waals surface area contributed by atoms with Crippen LogP contribution in [-0.2, 0) is 57.1 Å². The van der Waals surface area contributed by atoms with Crippen LogP contribution in [0.4, 0.5) is 0 Å². The molecule has 17 atom stereocenters. The fraction of sp³-hybridized carbons (Fsp3) is 0.772. The molecule has 1 amide bonds. The van der Waals surface area contributed by atoms with Crippen LogP contribution < -0.4 is 0 Å². The van der Waals surface area contributed by atoms with E-state index in [2.05, 4.69) is 6.58 Å². The topological polar surface area (TPSA) is 234 Å². The van der Waals surface area contributed by atoms with E-state index >= 15 is 0 Å². The number of ether oxygens (including phenoxy) is 7. The molecular formula is C57H91NO16. The normalized spacial score (nSPS) is 30.6. The van der Waals surface area contributed by atoms with Gasteiger partial charge in [0, 0.05) is 51.4 Å². The molecule has 17 nitrogen and oxygen atoms in total. The van der Waals surface area contributed by atoms with E-state index in [1.54, 1.807) is 46.1 Å². The number of methoxy groups -OCH3 is 2. The summed E-state index contributed by atoms with van der Waals surface area (Å²) in [6.07, 6.45) is 7.64. The number of Topliss-reactive ketones (excluding diaryl/α,β-unsaturated/α-hetero) is 3. The Morgan fingerprint density at radius 2 is 1.62 bits per heavy atom. The number of aliphatic hydroxyl groups is 4. The van der Waals surface area contributed by atoms with Crippen molar-refractivity contribution in [2.24, 2.45) is 35.5 Å². The molecule has 0 aromatic carbocycles. The number of allylic oxidation sites excluding steroid dienone is 5. The number of esters is 1. The van der Waals surface area contributed by atoms with Gasteiger partial charge >= 0.3 is 5.97 Å². The number of rotatable bonds is 28. The third-order valence-corrected chi connectivity index (χ3v) is 15.8. The van der Waals surface area contributed by atoms with Gasteiger partial charge in [-0.25, -0.2) is 4.79 Å². The Kier molecular flexibility index (Phi) is 25.9. The van der Waals surface area contributed by atoms with Crippen LogP contribution in [-0.4, -0.2) is 169 Å². The van der Waals surface area contributed by atoms with E-state index in [9.17, 15) is 44.4 Å². The third kappa shape index (κ3) is 17.5. The van der Waals surface area contributed by atoms with Crippen LogP contribution in [0.15, 0.2) is 48.1 Å². The van der Waals surface area contributed by atoms with Crippen molar-refractivity contribution in [3.05, 3.63) is 48.1 Å². The number of piperidine rings is 1. The highest BCUT2D eigenvalue weighted by atomic mass is 16.6. The quantitative estimate of drug-likeness (QED) is 0.0306. The van der Waals surface area contributed by atoms with Gasteiger partial charge < -0.3 is 58.5 Å². The zero-order valence-corrected chi connectivity index (χ0v) is 46.0. The molecule has 0 radical (unpaired) electrons. The van der Waals surface area contributed by atoms with Crippen molar-refractivity contribution in [3.8, 4) is 0 Å². The van der Waals surface area contributed by atoms with Gasteiger partial charge in [0.1, 0.15) is 42.3 Å². The number of carbonyl (C=O) groups is 5. The molecule has 3 saturated heterocycles. The van der Waals surface area contributed by atoms with Gasteiger partial charge in [0.2, 0.25) is 5.79 Å². The summed E-state index contributed by atoms with van der Waals surface area (Å²) >= 11 is 0. The molecule has 0 spiro atoms. The molecular weight excluding hydrogens is 955 g/mol. The Morgan fingerprint density at radius 3 is 2.26 bits per heavy atom. The van der Waals surface area contributed by atoms with Gasteiger partial charge in [0.25, 0.3) is 11.7 Å². The predicted molar refractivity (Wildman–Crippen MR) is 277 cm³/mol. The number of amides is 1. The Bertz CT molecular complexity index is 1930. The average molecular weight is 1050 g/mol. The molecule has 1 aliphatic carbocycles. The van der Waals surface area contributed by atoms with Crippen molar-refractivity contribution in [2.75, 3.05) is 47.2 Å². The van der Waals surface area contributed by atoms with Crippen molar-refractivity contribution in [1.29, 1.82) is 0 Å². The first kappa shape index (κ1) is 63.0. The molecule has 4 fully saturated rings. The molecule has 4 rings (SSSR count). The lowest BCUT2D eigenvalue weighted by Gasteiger charge is -2.43. The summed E-state index contributed by atoms with van der Waals surface area (Å²) in [5.74, 6) is -8.11. The number of ketones is 3. The molecule has 1 saturated carbocycles. The fourth-order valence-electron chi connectivity index (χ4n) is 11.0. The summed E-state index contributed by atoms with van der Waals surface area (Å²) in [5.41, 5.74) is 1.20. The van der Waals surface area contributed by atoms with Crippen LogP contribution in [0.25, 0.3) is 0 Å². The molecule has 0 aromatic heterocycles. The number of aliphatic hydroxyl groups excluding tert-OH is 3. The second-order valence-corrected chi connectivity index (χ2v) is 21.8. The molecule has 3 heterocycles. The van der Waals surface area contributed by atoms with Gasteiger partial charge in [0.05, 0.1) is 50.8 Å². The molecule has 4 N–H and O–H groups in total. The fourth-order valence-corrected chi connectivity index (χ4v) is 11.0. The number of hydrogen-bond acceptors (Lipinski definition) is 16. The third-order valence-electron chi connectivity index (χ3n) is 15.8. The molecule has 74 heavy (non-hydrogen) atoms. The molecule has 1 unspecified atom stereocenters. The number of hydrogen-bond donors (Lipinski definition) is 4. The summed E-state index contributed by atoms with van der Waals surface area (Å²) < 4.78 is 41.4. The van der Waals surface area contributed by atoms with Crippen molar-refractivity contribution >= 4 is 29.2 Å². The SMILES string of the molecule is C=C/C=C(\C)C(C[C@@H]1CC[C@@H](C)[C@](O)(C(=O)C(=O)N2CCCC[C@H]2C(=O)O[C@@H](CC(=O)[C@H](C)/C=C(\C)[C@@H](O)[C@@H](OC)C(=O)[C@H](C)C[C@H](C)/C=C/C)[C@H](C)C[C@@H]2CC[C@@H](O)[C@H](OC)C2)O1)OC[C@H]1CO[C@@H](CO)CO1. The summed E-state index contributed by atoms with van der Waals surface area (Å²) in [6.45, 7) is 18.8. The van der Waals surface area contributed by atoms with E-state index in [-0.39, 0.29) is 93.8 Å². The lowest BCUT2D eigenvalue weighted by molar-refractivity contribution is -0.266. The second-order valence-electron chi connectivity index (χ2n) is 21.8. The van der Waals surface area contributed by atoms with Crippen LogP contribution in [0.2, 0.25) is 0 Å². The van der Waals surface area contributed by atoms with Gasteiger partial charge in [-0.15, -0.1) is 0 Å². The first-order chi connectivity index (χ1) is 35.1. The lowest BCUT2D eigenvalue weighted by Crippen LogP contribution is -2.61. The van der Waals surface area contributed by atoms with Crippen molar-refractivity contribution in [1.82, 2.24) is 4.90 Å². The molecule has 0 bridgehead atoms. The zero-order valence-electron chi connectivity index (χ0n) is 46.0. The Hall–Kier alpha value is -3.49. The van der Waals surface area contributed by atoms with E-state index in [1.165, 1.54) is 12.0 Å². The smallest absolute Gasteiger partial charge is 0.329 e. The van der Waals surface area contributed by atoms with Crippen molar-refractivity contribution in [3.63, 3.8) is 0 Å². The maximum absolute atomic E-state index is 14.5. The minimum absolute atomic E-state index is 0.0512. The second kappa shape index (κ2) is 30.5. The number of likely N-dealkylation sites (tertiary alicyclic amines) is 1. The summed E-state index contributed by atoms with van der Waals surface area (Å²) in [7, 11) is 2.93. The number of carbonyl (C=O) groups excluding carboxylic acids is 5. The summed E-state index contributed by atoms with van der Waals surface area (Å²) in [4.78, 5) is 72.2. The van der Waals surface area contributed by atoms with Crippen LogP contribution in [0.5, 0.6) is 0 Å². The highest BCUT2D eigenvalue weighted by Gasteiger charge is 2.53. The van der Waals surface area contributed by atoms with Gasteiger partial charge in [-0.05, 0) is 114 Å². The molecule has 420 valence electrons. The summed E-state index contributed by atoms with van der Waals surface area (Å²) in [5, 5.41) is 43.4. The van der Waals surface area contributed by atoms with Crippen LogP contribution in [0.1, 0.15) is 132 Å². The first-order valence-electron chi connectivity index (χ1n) is 27.1. The van der Waals surface area contributed by atoms with E-state index in [4.69, 9.17) is 33.2 Å². The summed E-state index contributed by atoms with van der Waals surface area (Å²) in [6, 6.07) is -1.18. The van der Waals surface area contributed by atoms with Crippen molar-refractivity contribution in [2.45, 2.75) is 199 Å². The van der Waals surface area contributed by atoms with Gasteiger partial charge in [-0.2, -0.15) is 0 Å². The maximum atomic E-state index is 14.5. The monoisotopic (exact) mass is 1050 g/mol. The standard InChI is InChI=1S/C57H91NO16/c1-12-16-34(3)24-38(7)51(62)53(69-11)52(63)39(8)25-36(5)47(61)29-49(37(6)26-41-20-22-46(60)50(27-41)68-10)73-56(66)45-18-14-15-23-58(45)55(65)54(64)57(67)40(9)19-21-42(74-57)28-48(35(4)17-13-2)72-33-44-32-70-43(30-59)31-71-44/h12-13,16-17,25,34,36-38,40-46,48-50,52-53,59-60,63,67H,2,14-15,18-24,26-33H2,1,3-11H3/b16-12+,35-17+,39-25+/t34-,36-,37-,38-,40-,41+,42+,43+,44-,45+,46-,48?,49+,50-,52-,53+,57-/m1/s1. The molecule has 0 aromatic rings. The van der Waals surface area contributed by atoms with Crippen LogP contribution >= 0.6 is 0 Å². The minimum atomic E-state index is -2.50. The maximum Gasteiger partial charge on any atom is 0.329 e. The Labute approximate surface area is 440 Å². The van der Waals surface area contributed by atoms with Crippen molar-refractivity contribution < 1.29 is 77.6 Å². The highest BCUT2D eigenvalue weighted by Crippen LogP contribution is 2.38. The molecule has 17 heteroatoms. The zero-order chi connectivity index (χ0) is 54.9. The van der Waals surface area contributed by atoms with E-state index in [0.29, 0.717) is 63.4 Å². The van der Waals surface area contributed by atoms with E-state index < -0.39 is 90.0 Å². The van der Waals surface area contributed by atoms with Crippen LogP contribution in [0.3, 0.4) is 0 Å². The van der Waals surface area contributed by atoms with Crippen LogP contribution in [0, 0.1) is 35.5 Å². The first-order valence-corrected chi connectivity index (χ1v) is 27.1. The molecule has 4 aliphatic rings. The average Bonchev–Trinajstić information content (AvgIpc) is 3.38. The Balaban J connectivity index is 1.52. The minimum Gasteiger partial charge on any atom is -0.460 e. The largest absolute Gasteiger partial charge is 0.460 e. The van der Waals surface area contributed by atoms with Gasteiger partial charge in [-0.1, -0.05) is 71.6 Å². The molecule has 3 aliphatic heterocycles. The van der Waals surface area contributed by atoms with E-state index in [1.807, 2.05) is 46.8 Å². The highest BCUT2D eigenvalue weighted by molar-refractivity contribution is 6.39. The van der Waals surface area contributed by atoms with Gasteiger partial charge in [0.15, 0.2) is 5.78 Å². The predicted octanol–water partition coefficient (Wildman–Crippen LogP) is 5.96. The lowest BCUT2D eigenvalue weighted by atomic mass is 9.78. The van der Waals surface area contributed by atoms with Gasteiger partial charge in [-0.3, -0.25) is 19.2 Å². The Morgan fingerprint density at radius 1 is 0.919 bits per heavy atom. The number of nitrogens with zero attached hydrogens (tertiary/aromatic N) is 1. The van der Waals surface area contributed by atoms with E-state index in [0.717, 1.165) is 5.57 Å².